The minimum atomic E-state index is -0.592. The Bertz CT molecular complexity index is 338. The molecule has 0 aliphatic rings. The molecule has 11 heavy (non-hydrogen) atoms. The first-order valence-corrected chi connectivity index (χ1v) is 3.37. The predicted molar refractivity (Wildman–Crippen MR) is 39.9 cm³/mol. The number of hydrogen-bond acceptors (Lipinski definition) is 3. The Morgan fingerprint density at radius 1 is 1.82 bits per heavy atom. The molecule has 1 aromatic heterocycles. The van der Waals surface area contributed by atoms with Gasteiger partial charge in [0.15, 0.2) is 0 Å². The number of H-pyrrole nitrogens is 1. The number of halogens is 1. The summed E-state index contributed by atoms with van der Waals surface area (Å²) in [7, 11) is 0. The van der Waals surface area contributed by atoms with E-state index in [9.17, 15) is 10.1 Å². The molecule has 0 unspecified atom stereocenters. The summed E-state index contributed by atoms with van der Waals surface area (Å²) in [5.41, 5.74) is 0.164. The average Bonchev–Trinajstić information content (AvgIpc) is 2.31. The lowest BCUT2D eigenvalue weighted by Gasteiger charge is -1.84. The highest BCUT2D eigenvalue weighted by Crippen LogP contribution is 2.21. The fraction of sp³-hybridized carbons (Fsp3) is 0. The Morgan fingerprint density at radius 2 is 2.45 bits per heavy atom. The van der Waals surface area contributed by atoms with Crippen molar-refractivity contribution in [3.63, 3.8) is 0 Å². The van der Waals surface area contributed by atoms with Crippen molar-refractivity contribution in [3.8, 4) is 6.07 Å². The molecule has 0 saturated carbocycles. The van der Waals surface area contributed by atoms with Crippen LogP contribution in [0.15, 0.2) is 10.5 Å². The summed E-state index contributed by atoms with van der Waals surface area (Å²) in [5.74, 6) is -0.187. The zero-order valence-electron chi connectivity index (χ0n) is 5.17. The van der Waals surface area contributed by atoms with E-state index in [0.29, 0.717) is 4.47 Å². The molecule has 0 amide bonds. The first-order valence-electron chi connectivity index (χ1n) is 2.58. The van der Waals surface area contributed by atoms with Gasteiger partial charge in [0.25, 0.3) is 0 Å². The summed E-state index contributed by atoms with van der Waals surface area (Å²) in [6.45, 7) is 0. The van der Waals surface area contributed by atoms with Gasteiger partial charge >= 0.3 is 5.82 Å². The molecule has 1 aromatic rings. The van der Waals surface area contributed by atoms with Gasteiger partial charge in [-0.05, 0) is 20.9 Å². The number of nitriles is 1. The topological polar surface area (TPSA) is 82.7 Å². The molecule has 1 heterocycles. The minimum Gasteiger partial charge on any atom is -0.358 e. The third-order valence-corrected chi connectivity index (χ3v) is 1.69. The SMILES string of the molecule is N#Cc1[nH]c([N+](=O)[O-])cc1Br. The molecule has 1 rings (SSSR count). The molecule has 0 aliphatic carbocycles. The summed E-state index contributed by atoms with van der Waals surface area (Å²) in [6, 6.07) is 3.01. The highest BCUT2D eigenvalue weighted by molar-refractivity contribution is 9.10. The van der Waals surface area contributed by atoms with Crippen LogP contribution >= 0.6 is 15.9 Å². The molecule has 0 aromatic carbocycles. The molecule has 1 N–H and O–H groups in total. The average molecular weight is 216 g/mol. The van der Waals surface area contributed by atoms with Gasteiger partial charge in [-0.25, -0.2) is 4.98 Å². The van der Waals surface area contributed by atoms with Gasteiger partial charge < -0.3 is 10.1 Å². The number of nitro groups is 1. The zero-order chi connectivity index (χ0) is 8.43. The smallest absolute Gasteiger partial charge is 0.323 e. The van der Waals surface area contributed by atoms with E-state index in [1.54, 1.807) is 6.07 Å². The standard InChI is InChI=1S/C5H2BrN3O2/c6-3-1-5(9(10)11)8-4(3)2-7/h1,8H. The third-order valence-electron chi connectivity index (χ3n) is 1.06. The van der Waals surface area contributed by atoms with Gasteiger partial charge in [-0.2, -0.15) is 5.26 Å². The van der Waals surface area contributed by atoms with Crippen molar-refractivity contribution in [1.82, 2.24) is 4.98 Å². The van der Waals surface area contributed by atoms with E-state index in [2.05, 4.69) is 20.9 Å². The molecule has 0 saturated heterocycles. The van der Waals surface area contributed by atoms with E-state index in [-0.39, 0.29) is 11.5 Å². The Hall–Kier alpha value is -1.35. The Morgan fingerprint density at radius 3 is 2.73 bits per heavy atom. The van der Waals surface area contributed by atoms with Crippen molar-refractivity contribution in [2.45, 2.75) is 0 Å². The van der Waals surface area contributed by atoms with Crippen LogP contribution in [-0.4, -0.2) is 9.91 Å². The van der Waals surface area contributed by atoms with Gasteiger partial charge in [0, 0.05) is 0 Å². The normalized spacial score (nSPS) is 9.09. The first-order chi connectivity index (χ1) is 5.15. The van der Waals surface area contributed by atoms with Gasteiger partial charge in [0.2, 0.25) is 5.69 Å². The fourth-order valence-corrected chi connectivity index (χ4v) is 1.00. The number of nitrogens with zero attached hydrogens (tertiary/aromatic N) is 2. The fourth-order valence-electron chi connectivity index (χ4n) is 0.596. The van der Waals surface area contributed by atoms with E-state index in [4.69, 9.17) is 5.26 Å². The van der Waals surface area contributed by atoms with E-state index in [1.807, 2.05) is 0 Å². The molecule has 5 nitrogen and oxygen atoms in total. The van der Waals surface area contributed by atoms with Crippen LogP contribution < -0.4 is 0 Å². The summed E-state index contributed by atoms with van der Waals surface area (Å²) >= 11 is 2.99. The molecular formula is C5H2BrN3O2. The first kappa shape index (κ1) is 7.75. The lowest BCUT2D eigenvalue weighted by molar-refractivity contribution is -0.389. The van der Waals surface area contributed by atoms with Crippen LogP contribution in [0.25, 0.3) is 0 Å². The van der Waals surface area contributed by atoms with Crippen LogP contribution in [0.4, 0.5) is 5.82 Å². The lowest BCUT2D eigenvalue weighted by Crippen LogP contribution is -1.86. The van der Waals surface area contributed by atoms with Crippen LogP contribution in [0.2, 0.25) is 0 Å². The highest BCUT2D eigenvalue weighted by atomic mass is 79.9. The molecule has 0 bridgehead atoms. The summed E-state index contributed by atoms with van der Waals surface area (Å²) < 4.78 is 0.409. The minimum absolute atomic E-state index is 0.164. The zero-order valence-corrected chi connectivity index (χ0v) is 6.75. The van der Waals surface area contributed by atoms with E-state index in [1.165, 1.54) is 6.07 Å². The van der Waals surface area contributed by atoms with Crippen LogP contribution in [0.3, 0.4) is 0 Å². The molecule has 0 atom stereocenters. The molecule has 0 spiro atoms. The number of rotatable bonds is 1. The summed E-state index contributed by atoms with van der Waals surface area (Å²) in [4.78, 5) is 11.9. The highest BCUT2D eigenvalue weighted by Gasteiger charge is 2.12. The number of hydrogen-bond donors (Lipinski definition) is 1. The number of aromatic nitrogens is 1. The maximum Gasteiger partial charge on any atom is 0.323 e. The summed E-state index contributed by atoms with van der Waals surface area (Å²) in [5, 5.41) is 18.5. The molecule has 0 radical (unpaired) electrons. The van der Waals surface area contributed by atoms with E-state index >= 15 is 0 Å². The van der Waals surface area contributed by atoms with Crippen molar-refractivity contribution >= 4 is 21.7 Å². The van der Waals surface area contributed by atoms with Gasteiger partial charge in [-0.1, -0.05) is 0 Å². The van der Waals surface area contributed by atoms with Gasteiger partial charge in [-0.3, -0.25) is 0 Å². The second kappa shape index (κ2) is 2.72. The quantitative estimate of drug-likeness (QED) is 0.570. The van der Waals surface area contributed by atoms with Crippen LogP contribution in [-0.2, 0) is 0 Å². The second-order valence-electron chi connectivity index (χ2n) is 1.75. The number of nitrogens with one attached hydrogen (secondary N) is 1. The van der Waals surface area contributed by atoms with Gasteiger partial charge in [0.1, 0.15) is 6.07 Å². The van der Waals surface area contributed by atoms with E-state index < -0.39 is 4.92 Å². The molecule has 6 heteroatoms. The molecule has 0 fully saturated rings. The Labute approximate surface area is 69.9 Å². The van der Waals surface area contributed by atoms with E-state index in [0.717, 1.165) is 0 Å². The monoisotopic (exact) mass is 215 g/mol. The largest absolute Gasteiger partial charge is 0.358 e. The Kier molecular flexibility index (Phi) is 1.92. The lowest BCUT2D eigenvalue weighted by atomic mass is 10.5. The van der Waals surface area contributed by atoms with Crippen molar-refractivity contribution in [1.29, 1.82) is 5.26 Å². The maximum absolute atomic E-state index is 10.1. The van der Waals surface area contributed by atoms with Crippen molar-refractivity contribution < 1.29 is 4.92 Å². The summed E-state index contributed by atoms with van der Waals surface area (Å²) in [6.07, 6.45) is 0. The Balaban J connectivity index is 3.18. The maximum atomic E-state index is 10.1. The molecule has 56 valence electrons. The van der Waals surface area contributed by atoms with Crippen molar-refractivity contribution in [2.75, 3.05) is 0 Å². The second-order valence-corrected chi connectivity index (χ2v) is 2.60. The van der Waals surface area contributed by atoms with Gasteiger partial charge in [0.05, 0.1) is 10.5 Å². The van der Waals surface area contributed by atoms with Crippen LogP contribution in [0, 0.1) is 21.4 Å². The predicted octanol–water partition coefficient (Wildman–Crippen LogP) is 1.56. The van der Waals surface area contributed by atoms with Crippen LogP contribution in [0.1, 0.15) is 5.69 Å². The third kappa shape index (κ3) is 1.38. The number of aromatic amines is 1. The molecule has 0 aliphatic heterocycles. The molecular weight excluding hydrogens is 214 g/mol. The van der Waals surface area contributed by atoms with Crippen molar-refractivity contribution in [2.24, 2.45) is 0 Å². The van der Waals surface area contributed by atoms with Gasteiger partial charge in [-0.15, -0.1) is 0 Å². The van der Waals surface area contributed by atoms with Crippen molar-refractivity contribution in [3.05, 3.63) is 26.3 Å². The van der Waals surface area contributed by atoms with Crippen LogP contribution in [0.5, 0.6) is 0 Å².